The summed E-state index contributed by atoms with van der Waals surface area (Å²) in [4.78, 5) is 34.6. The molecule has 32 heavy (non-hydrogen) atoms. The van der Waals surface area contributed by atoms with Crippen LogP contribution in [-0.4, -0.2) is 75.3 Å². The number of carbonyl (C=O) groups excluding carboxylic acids is 1. The van der Waals surface area contributed by atoms with Crippen molar-refractivity contribution in [3.63, 3.8) is 0 Å². The van der Waals surface area contributed by atoms with E-state index in [0.29, 0.717) is 4.57 Å². The van der Waals surface area contributed by atoms with Crippen molar-refractivity contribution in [1.82, 2.24) is 19.1 Å². The molecule has 1 aromatic carbocycles. The van der Waals surface area contributed by atoms with Crippen LogP contribution in [0, 0.1) is 0 Å². The number of hydrogen-bond acceptors (Lipinski definition) is 11. The van der Waals surface area contributed by atoms with Gasteiger partial charge in [0.1, 0.15) is 18.3 Å². The molecule has 6 rings (SSSR count). The Kier molecular flexibility index (Phi) is 3.64. The molecule has 0 bridgehead atoms. The third kappa shape index (κ3) is 1.98. The molecule has 166 valence electrons. The Balaban J connectivity index is 1.55. The molecule has 1 fully saturated rings. The van der Waals surface area contributed by atoms with Gasteiger partial charge >= 0.3 is 0 Å². The number of benzene rings is 1. The summed E-state index contributed by atoms with van der Waals surface area (Å²) in [6.45, 7) is -0.546. The molecule has 6 N–H and O–H groups in total. The van der Waals surface area contributed by atoms with Crippen LogP contribution in [0.15, 0.2) is 35.4 Å². The second-order valence-electron chi connectivity index (χ2n) is 8.01. The molecule has 1 saturated heterocycles. The number of aromatic nitrogens is 4. The minimum atomic E-state index is -2.68. The van der Waals surface area contributed by atoms with Gasteiger partial charge in [-0.3, -0.25) is 14.2 Å². The maximum absolute atomic E-state index is 13.3. The number of hydrogen-bond donors (Lipinski definition) is 6. The topological polar surface area (TPSA) is 192 Å². The van der Waals surface area contributed by atoms with Crippen LogP contribution in [0.3, 0.4) is 0 Å². The van der Waals surface area contributed by atoms with Gasteiger partial charge in [-0.2, -0.15) is 4.98 Å². The average Bonchev–Trinajstić information content (AvgIpc) is 3.44. The molecule has 0 amide bonds. The fourth-order valence-electron chi connectivity index (χ4n) is 4.76. The Hall–Kier alpha value is -3.20. The molecule has 3 aliphatic rings. The van der Waals surface area contributed by atoms with E-state index in [-0.39, 0.29) is 28.2 Å². The summed E-state index contributed by atoms with van der Waals surface area (Å²) in [5.41, 5.74) is -6.16. The monoisotopic (exact) mass is 443 g/mol. The van der Waals surface area contributed by atoms with Crippen molar-refractivity contribution in [2.24, 2.45) is 0 Å². The van der Waals surface area contributed by atoms with Crippen LogP contribution >= 0.6 is 0 Å². The van der Waals surface area contributed by atoms with Crippen LogP contribution in [0.25, 0.3) is 11.2 Å². The predicted molar refractivity (Wildman–Crippen MR) is 103 cm³/mol. The van der Waals surface area contributed by atoms with Gasteiger partial charge in [-0.1, -0.05) is 24.3 Å². The number of fused-ring (bicyclic) bond motifs is 6. The number of imidazole rings is 1. The van der Waals surface area contributed by atoms with Gasteiger partial charge in [-0.05, 0) is 0 Å². The van der Waals surface area contributed by atoms with E-state index in [1.165, 1.54) is 16.7 Å². The molecule has 4 heterocycles. The van der Waals surface area contributed by atoms with Crippen LogP contribution in [0.1, 0.15) is 22.1 Å². The molecular weight excluding hydrogens is 426 g/mol. The SMILES string of the molecule is O=C1c2ccccc2[C@]2(O)Nc3nc4c(ncn4[C@@H]4O[C@H](CO)[C@H](O)[C@@H]4O)c(=O)n3[C@]12O. The van der Waals surface area contributed by atoms with Crippen LogP contribution in [0.5, 0.6) is 0 Å². The number of rotatable bonds is 2. The number of Topliss-reactive ketones (excluding diaryl/α,β-unsaturated/α-hetero) is 1. The molecule has 2 aromatic heterocycles. The molecular formula is C19H17N5O8. The van der Waals surface area contributed by atoms with Crippen molar-refractivity contribution in [3.05, 3.63) is 52.1 Å². The Bertz CT molecular complexity index is 1370. The predicted octanol–water partition coefficient (Wildman–Crippen LogP) is -2.68. The average molecular weight is 443 g/mol. The Morgan fingerprint density at radius 2 is 1.91 bits per heavy atom. The fraction of sp³-hybridized carbons (Fsp3) is 0.368. The first-order chi connectivity index (χ1) is 15.2. The summed E-state index contributed by atoms with van der Waals surface area (Å²) in [5, 5.41) is 54.9. The zero-order valence-electron chi connectivity index (χ0n) is 16.2. The van der Waals surface area contributed by atoms with Crippen molar-refractivity contribution in [2.45, 2.75) is 36.0 Å². The third-order valence-corrected chi connectivity index (χ3v) is 6.39. The first kappa shape index (κ1) is 19.5. The number of ketones is 1. The zero-order valence-corrected chi connectivity index (χ0v) is 16.2. The first-order valence-electron chi connectivity index (χ1n) is 9.73. The quantitative estimate of drug-likeness (QED) is 0.242. The maximum Gasteiger partial charge on any atom is 0.286 e. The van der Waals surface area contributed by atoms with Crippen molar-refractivity contribution in [2.75, 3.05) is 11.9 Å². The van der Waals surface area contributed by atoms with E-state index in [9.17, 15) is 35.1 Å². The summed E-state index contributed by atoms with van der Waals surface area (Å²) < 4.78 is 7.33. The van der Waals surface area contributed by atoms with Gasteiger partial charge in [-0.25, -0.2) is 9.55 Å². The van der Waals surface area contributed by atoms with Crippen molar-refractivity contribution in [3.8, 4) is 0 Å². The van der Waals surface area contributed by atoms with Crippen LogP contribution in [0.4, 0.5) is 5.95 Å². The summed E-state index contributed by atoms with van der Waals surface area (Å²) in [6.07, 6.45) is -3.95. The van der Waals surface area contributed by atoms with E-state index in [2.05, 4.69) is 15.3 Å². The van der Waals surface area contributed by atoms with E-state index < -0.39 is 53.9 Å². The fourth-order valence-corrected chi connectivity index (χ4v) is 4.76. The Morgan fingerprint density at radius 1 is 1.16 bits per heavy atom. The first-order valence-corrected chi connectivity index (χ1v) is 9.73. The smallest absolute Gasteiger partial charge is 0.286 e. The molecule has 1 aliphatic carbocycles. The molecule has 6 atom stereocenters. The highest BCUT2D eigenvalue weighted by Gasteiger charge is 2.69. The minimum Gasteiger partial charge on any atom is -0.394 e. The normalized spacial score (nSPS) is 35.1. The lowest BCUT2D eigenvalue weighted by molar-refractivity contribution is -0.139. The Morgan fingerprint density at radius 3 is 2.62 bits per heavy atom. The number of ether oxygens (including phenoxy) is 1. The molecule has 0 unspecified atom stereocenters. The number of carbonyl (C=O) groups is 1. The van der Waals surface area contributed by atoms with Crippen LogP contribution in [-0.2, 0) is 16.2 Å². The van der Waals surface area contributed by atoms with Crippen molar-refractivity contribution >= 4 is 22.9 Å². The van der Waals surface area contributed by atoms with E-state index in [1.54, 1.807) is 12.1 Å². The summed E-state index contributed by atoms with van der Waals surface area (Å²) in [6, 6.07) is 6.02. The lowest BCUT2D eigenvalue weighted by Gasteiger charge is -2.29. The molecule has 13 heteroatoms. The van der Waals surface area contributed by atoms with E-state index in [0.717, 1.165) is 6.33 Å². The number of nitrogens with one attached hydrogen (secondary N) is 1. The summed E-state index contributed by atoms with van der Waals surface area (Å²) >= 11 is 0. The third-order valence-electron chi connectivity index (χ3n) is 6.39. The highest BCUT2D eigenvalue weighted by atomic mass is 16.6. The van der Waals surface area contributed by atoms with Gasteiger partial charge in [0.05, 0.1) is 12.9 Å². The lowest BCUT2D eigenvalue weighted by atomic mass is 10.0. The largest absolute Gasteiger partial charge is 0.394 e. The van der Waals surface area contributed by atoms with E-state index >= 15 is 0 Å². The molecule has 2 aliphatic heterocycles. The molecule has 0 saturated carbocycles. The lowest BCUT2D eigenvalue weighted by Crippen LogP contribution is -2.54. The van der Waals surface area contributed by atoms with E-state index in [1.807, 2.05) is 0 Å². The number of nitrogens with zero attached hydrogens (tertiary/aromatic N) is 4. The second kappa shape index (κ2) is 5.98. The van der Waals surface area contributed by atoms with Crippen molar-refractivity contribution in [1.29, 1.82) is 0 Å². The standard InChI is InChI=1S/C19H17N5O8/c25-5-9-11(26)12(27)16(32-9)23-6-20-10-14(23)21-17-22-18(30)8-4-2-1-3-7(8)13(28)19(18,31)24(17)15(10)29/h1-4,6,9,11-12,16,25-27,30-31H,5H2,(H,21,22)/t9-,11+,12+,16-,18-,19+/m1/s1. The minimum absolute atomic E-state index is 0.0553. The van der Waals surface area contributed by atoms with Gasteiger partial charge in [-0.15, -0.1) is 0 Å². The van der Waals surface area contributed by atoms with Gasteiger partial charge in [0, 0.05) is 11.1 Å². The molecule has 0 spiro atoms. The van der Waals surface area contributed by atoms with Gasteiger partial charge in [0.15, 0.2) is 17.4 Å². The van der Waals surface area contributed by atoms with Crippen LogP contribution < -0.4 is 10.9 Å². The molecule has 13 nitrogen and oxygen atoms in total. The highest BCUT2D eigenvalue weighted by Crippen LogP contribution is 2.51. The van der Waals surface area contributed by atoms with Gasteiger partial charge < -0.3 is 35.6 Å². The zero-order chi connectivity index (χ0) is 22.6. The molecule has 3 aromatic rings. The highest BCUT2D eigenvalue weighted by molar-refractivity contribution is 6.08. The number of anilines is 1. The second-order valence-corrected chi connectivity index (χ2v) is 8.01. The summed E-state index contributed by atoms with van der Waals surface area (Å²) in [7, 11) is 0. The maximum atomic E-state index is 13.3. The summed E-state index contributed by atoms with van der Waals surface area (Å²) in [5.74, 6) is -1.18. The van der Waals surface area contributed by atoms with Crippen molar-refractivity contribution < 1.29 is 35.1 Å². The number of aliphatic hydroxyl groups is 5. The van der Waals surface area contributed by atoms with E-state index in [4.69, 9.17) is 4.74 Å². The van der Waals surface area contributed by atoms with Gasteiger partial charge in [0.25, 0.3) is 11.3 Å². The Labute approximate surface area is 177 Å². The van der Waals surface area contributed by atoms with Gasteiger partial charge in [0.2, 0.25) is 17.5 Å². The molecule has 0 radical (unpaired) electrons. The number of aliphatic hydroxyl groups excluding tert-OH is 3. The van der Waals surface area contributed by atoms with Crippen LogP contribution in [0.2, 0.25) is 0 Å².